The highest BCUT2D eigenvalue weighted by molar-refractivity contribution is 8.04. The van der Waals surface area contributed by atoms with Gasteiger partial charge in [0.15, 0.2) is 0 Å². The third kappa shape index (κ3) is 2.29. The first-order valence-electron chi connectivity index (χ1n) is 5.95. The normalized spacial score (nSPS) is 15.6. The van der Waals surface area contributed by atoms with Gasteiger partial charge in [0.25, 0.3) is 0 Å². The van der Waals surface area contributed by atoms with Crippen molar-refractivity contribution >= 4 is 23.6 Å². The van der Waals surface area contributed by atoms with Crippen LogP contribution in [0.15, 0.2) is 58.3 Å². The van der Waals surface area contributed by atoms with Gasteiger partial charge in [0.1, 0.15) is 5.75 Å². The number of carbonyl (C=O) groups excluding carboxylic acids is 1. The molecule has 94 valence electrons. The molecular formula is C16H12O2S. The van der Waals surface area contributed by atoms with Gasteiger partial charge in [0.2, 0.25) is 5.78 Å². The van der Waals surface area contributed by atoms with E-state index in [1.54, 1.807) is 7.11 Å². The second-order valence-electron chi connectivity index (χ2n) is 4.21. The number of benzene rings is 2. The van der Waals surface area contributed by atoms with Crippen LogP contribution >= 0.6 is 11.8 Å². The van der Waals surface area contributed by atoms with Gasteiger partial charge in [-0.05, 0) is 35.9 Å². The number of rotatable bonds is 2. The molecule has 1 heterocycles. The van der Waals surface area contributed by atoms with Crippen molar-refractivity contribution in [2.24, 2.45) is 0 Å². The van der Waals surface area contributed by atoms with Gasteiger partial charge in [0.05, 0.1) is 12.0 Å². The molecule has 19 heavy (non-hydrogen) atoms. The lowest BCUT2D eigenvalue weighted by Gasteiger charge is -2.01. The third-order valence-electron chi connectivity index (χ3n) is 2.97. The third-order valence-corrected chi connectivity index (χ3v) is 4.07. The molecule has 0 N–H and O–H groups in total. The number of ether oxygens (including phenoxy) is 1. The predicted molar refractivity (Wildman–Crippen MR) is 77.6 cm³/mol. The average molecular weight is 268 g/mol. The fourth-order valence-electron chi connectivity index (χ4n) is 2.02. The fourth-order valence-corrected chi connectivity index (χ4v) is 3.07. The predicted octanol–water partition coefficient (Wildman–Crippen LogP) is 4.02. The van der Waals surface area contributed by atoms with E-state index in [4.69, 9.17) is 4.74 Å². The van der Waals surface area contributed by atoms with Crippen LogP contribution in [0.25, 0.3) is 6.08 Å². The summed E-state index contributed by atoms with van der Waals surface area (Å²) in [6.45, 7) is 0. The summed E-state index contributed by atoms with van der Waals surface area (Å²) in [6, 6.07) is 15.4. The maximum atomic E-state index is 12.2. The molecule has 0 spiro atoms. The Kier molecular flexibility index (Phi) is 3.13. The van der Waals surface area contributed by atoms with Crippen molar-refractivity contribution in [3.63, 3.8) is 0 Å². The average Bonchev–Trinajstić information content (AvgIpc) is 2.76. The first kappa shape index (κ1) is 12.1. The number of ketones is 1. The molecule has 3 rings (SSSR count). The van der Waals surface area contributed by atoms with Gasteiger partial charge in [-0.15, -0.1) is 0 Å². The molecule has 0 unspecified atom stereocenters. The van der Waals surface area contributed by atoms with Gasteiger partial charge in [-0.25, -0.2) is 0 Å². The highest BCUT2D eigenvalue weighted by Crippen LogP contribution is 2.40. The molecule has 1 aliphatic heterocycles. The van der Waals surface area contributed by atoms with Crippen molar-refractivity contribution in [3.05, 3.63) is 64.6 Å². The minimum atomic E-state index is 0.100. The minimum absolute atomic E-state index is 0.100. The Hall–Kier alpha value is -2.00. The van der Waals surface area contributed by atoms with E-state index in [9.17, 15) is 4.79 Å². The zero-order valence-electron chi connectivity index (χ0n) is 10.4. The quantitative estimate of drug-likeness (QED) is 0.769. The molecule has 0 saturated heterocycles. The number of Topliss-reactive ketones (excluding diaryl/α,β-unsaturated/α-hetero) is 1. The van der Waals surface area contributed by atoms with E-state index < -0.39 is 0 Å². The molecule has 3 heteroatoms. The number of allylic oxidation sites excluding steroid dienone is 1. The highest BCUT2D eigenvalue weighted by Gasteiger charge is 2.24. The Balaban J connectivity index is 1.96. The van der Waals surface area contributed by atoms with Gasteiger partial charge < -0.3 is 4.74 Å². The van der Waals surface area contributed by atoms with Crippen LogP contribution in [0, 0.1) is 0 Å². The summed E-state index contributed by atoms with van der Waals surface area (Å²) >= 11 is 1.52. The van der Waals surface area contributed by atoms with E-state index in [-0.39, 0.29) is 5.78 Å². The van der Waals surface area contributed by atoms with E-state index in [1.807, 2.05) is 54.6 Å². The van der Waals surface area contributed by atoms with E-state index in [1.165, 1.54) is 11.8 Å². The van der Waals surface area contributed by atoms with Crippen LogP contribution in [0.5, 0.6) is 5.75 Å². The van der Waals surface area contributed by atoms with Crippen molar-refractivity contribution in [2.75, 3.05) is 7.11 Å². The summed E-state index contributed by atoms with van der Waals surface area (Å²) in [5.74, 6) is 0.894. The van der Waals surface area contributed by atoms with Crippen LogP contribution in [-0.2, 0) is 0 Å². The van der Waals surface area contributed by atoms with Crippen LogP contribution in [-0.4, -0.2) is 12.9 Å². The summed E-state index contributed by atoms with van der Waals surface area (Å²) in [4.78, 5) is 14.0. The summed E-state index contributed by atoms with van der Waals surface area (Å²) in [7, 11) is 1.64. The number of methoxy groups -OCH3 is 1. The summed E-state index contributed by atoms with van der Waals surface area (Å²) in [5, 5.41) is 0. The van der Waals surface area contributed by atoms with Crippen LogP contribution in [0.4, 0.5) is 0 Å². The lowest BCUT2D eigenvalue weighted by molar-refractivity contribution is 0.104. The SMILES string of the molecule is COc1cccc(/C=C2\Sc3ccccc3C2=O)c1. The number of fused-ring (bicyclic) bond motifs is 1. The van der Waals surface area contributed by atoms with E-state index in [0.717, 1.165) is 26.7 Å². The van der Waals surface area contributed by atoms with Crippen molar-refractivity contribution in [2.45, 2.75) is 4.90 Å². The van der Waals surface area contributed by atoms with Gasteiger partial charge in [-0.3, -0.25) is 4.79 Å². The topological polar surface area (TPSA) is 26.3 Å². The molecule has 0 radical (unpaired) electrons. The molecule has 0 aromatic heterocycles. The second-order valence-corrected chi connectivity index (χ2v) is 5.30. The first-order valence-corrected chi connectivity index (χ1v) is 6.77. The largest absolute Gasteiger partial charge is 0.497 e. The van der Waals surface area contributed by atoms with Crippen molar-refractivity contribution < 1.29 is 9.53 Å². The Bertz CT molecular complexity index is 674. The molecule has 0 fully saturated rings. The molecule has 2 aromatic carbocycles. The Morgan fingerprint density at radius 2 is 1.95 bits per heavy atom. The van der Waals surface area contributed by atoms with Gasteiger partial charge >= 0.3 is 0 Å². The minimum Gasteiger partial charge on any atom is -0.497 e. The van der Waals surface area contributed by atoms with Gasteiger partial charge in [0, 0.05) is 10.5 Å². The van der Waals surface area contributed by atoms with Crippen molar-refractivity contribution in [1.82, 2.24) is 0 Å². The molecule has 0 amide bonds. The molecular weight excluding hydrogens is 256 g/mol. The molecule has 0 atom stereocenters. The van der Waals surface area contributed by atoms with Gasteiger partial charge in [-0.1, -0.05) is 36.0 Å². The Labute approximate surface area is 116 Å². The molecule has 2 aromatic rings. The zero-order valence-corrected chi connectivity index (χ0v) is 11.2. The van der Waals surface area contributed by atoms with Crippen LogP contribution in [0.3, 0.4) is 0 Å². The molecule has 0 bridgehead atoms. The van der Waals surface area contributed by atoms with Crippen LogP contribution in [0.2, 0.25) is 0 Å². The smallest absolute Gasteiger partial charge is 0.200 e. The van der Waals surface area contributed by atoms with Crippen molar-refractivity contribution in [1.29, 1.82) is 0 Å². The van der Waals surface area contributed by atoms with E-state index >= 15 is 0 Å². The fraction of sp³-hybridized carbons (Fsp3) is 0.0625. The molecule has 2 nitrogen and oxygen atoms in total. The standard InChI is InChI=1S/C16H12O2S/c1-18-12-6-4-5-11(9-12)10-15-16(17)13-7-2-3-8-14(13)19-15/h2-10H,1H3/b15-10-. The maximum absolute atomic E-state index is 12.2. The number of thioether (sulfide) groups is 1. The van der Waals surface area contributed by atoms with Crippen LogP contribution in [0.1, 0.15) is 15.9 Å². The maximum Gasteiger partial charge on any atom is 0.200 e. The van der Waals surface area contributed by atoms with Crippen molar-refractivity contribution in [3.8, 4) is 5.75 Å². The molecule has 0 saturated carbocycles. The number of hydrogen-bond donors (Lipinski definition) is 0. The Morgan fingerprint density at radius 1 is 1.11 bits per heavy atom. The van der Waals surface area contributed by atoms with Crippen LogP contribution < -0.4 is 4.74 Å². The molecule has 1 aliphatic rings. The Morgan fingerprint density at radius 3 is 2.74 bits per heavy atom. The monoisotopic (exact) mass is 268 g/mol. The summed E-state index contributed by atoms with van der Waals surface area (Å²) in [5.41, 5.74) is 1.77. The summed E-state index contributed by atoms with van der Waals surface area (Å²) in [6.07, 6.45) is 1.91. The molecule has 0 aliphatic carbocycles. The first-order chi connectivity index (χ1) is 9.28. The lowest BCUT2D eigenvalue weighted by Crippen LogP contribution is -1.93. The van der Waals surface area contributed by atoms with Gasteiger partial charge in [-0.2, -0.15) is 0 Å². The van der Waals surface area contributed by atoms with E-state index in [2.05, 4.69) is 0 Å². The highest BCUT2D eigenvalue weighted by atomic mass is 32.2. The number of carbonyl (C=O) groups is 1. The zero-order chi connectivity index (χ0) is 13.2. The number of hydrogen-bond acceptors (Lipinski definition) is 3. The lowest BCUT2D eigenvalue weighted by atomic mass is 10.1. The second kappa shape index (κ2) is 4.94. The summed E-state index contributed by atoms with van der Waals surface area (Å²) < 4.78 is 5.19. The van der Waals surface area contributed by atoms with E-state index in [0.29, 0.717) is 0 Å².